The van der Waals surface area contributed by atoms with Crippen LogP contribution in [0.1, 0.15) is 37.8 Å². The molecule has 0 amide bonds. The molecular weight excluding hydrogens is 258 g/mol. The van der Waals surface area contributed by atoms with Gasteiger partial charge in [-0.1, -0.05) is 13.3 Å². The molecule has 0 unspecified atom stereocenters. The molecule has 2 heterocycles. The van der Waals surface area contributed by atoms with Crippen molar-refractivity contribution in [3.63, 3.8) is 0 Å². The molecule has 0 spiro atoms. The molecule has 19 heavy (non-hydrogen) atoms. The van der Waals surface area contributed by atoms with E-state index < -0.39 is 0 Å². The number of anilines is 1. The quantitative estimate of drug-likeness (QED) is 0.900. The third kappa shape index (κ3) is 3.68. The Hall–Kier alpha value is -0.650. The number of thiazole rings is 1. The first-order chi connectivity index (χ1) is 9.05. The Balaban J connectivity index is 2.17. The summed E-state index contributed by atoms with van der Waals surface area (Å²) in [7, 11) is 1.99. The highest BCUT2D eigenvalue weighted by atomic mass is 32.1. The summed E-state index contributed by atoms with van der Waals surface area (Å²) in [6, 6.07) is 0. The summed E-state index contributed by atoms with van der Waals surface area (Å²) < 4.78 is 5.77. The summed E-state index contributed by atoms with van der Waals surface area (Å²) in [5.74, 6) is 0. The molecule has 0 aromatic carbocycles. The number of aryl methyl sites for hydroxylation is 1. The smallest absolute Gasteiger partial charge is 0.186 e. The molecule has 0 aliphatic carbocycles. The van der Waals surface area contributed by atoms with Gasteiger partial charge in [0, 0.05) is 24.5 Å². The van der Waals surface area contributed by atoms with Gasteiger partial charge < -0.3 is 15.0 Å². The van der Waals surface area contributed by atoms with Crippen molar-refractivity contribution in [2.45, 2.75) is 45.8 Å². The fourth-order valence-electron chi connectivity index (χ4n) is 2.42. The highest BCUT2D eigenvalue weighted by molar-refractivity contribution is 7.15. The maximum atomic E-state index is 5.77. The van der Waals surface area contributed by atoms with Crippen LogP contribution in [0.5, 0.6) is 0 Å². The molecule has 0 radical (unpaired) electrons. The number of nitrogens with one attached hydrogen (secondary N) is 1. The molecule has 5 heteroatoms. The van der Waals surface area contributed by atoms with E-state index in [0.717, 1.165) is 44.2 Å². The minimum absolute atomic E-state index is 0.0714. The third-order valence-corrected chi connectivity index (χ3v) is 4.45. The number of morpholine rings is 1. The molecule has 1 saturated heterocycles. The van der Waals surface area contributed by atoms with Crippen molar-refractivity contribution in [1.82, 2.24) is 10.3 Å². The Morgan fingerprint density at radius 2 is 2.26 bits per heavy atom. The van der Waals surface area contributed by atoms with E-state index in [1.54, 1.807) is 0 Å². The van der Waals surface area contributed by atoms with Crippen LogP contribution in [-0.2, 0) is 17.7 Å². The minimum Gasteiger partial charge on any atom is -0.372 e. The van der Waals surface area contributed by atoms with Gasteiger partial charge in [0.2, 0.25) is 0 Å². The first-order valence-corrected chi connectivity index (χ1v) is 7.89. The van der Waals surface area contributed by atoms with E-state index in [4.69, 9.17) is 9.72 Å². The van der Waals surface area contributed by atoms with Crippen molar-refractivity contribution >= 4 is 16.5 Å². The fourth-order valence-corrected chi connectivity index (χ4v) is 3.56. The molecule has 0 atom stereocenters. The zero-order valence-electron chi connectivity index (χ0n) is 12.5. The Morgan fingerprint density at radius 1 is 1.47 bits per heavy atom. The number of aromatic nitrogens is 1. The zero-order valence-corrected chi connectivity index (χ0v) is 13.3. The average molecular weight is 283 g/mol. The second-order valence-electron chi connectivity index (χ2n) is 5.68. The van der Waals surface area contributed by atoms with Crippen LogP contribution in [0.25, 0.3) is 0 Å². The summed E-state index contributed by atoms with van der Waals surface area (Å²) >= 11 is 1.83. The largest absolute Gasteiger partial charge is 0.372 e. The van der Waals surface area contributed by atoms with Gasteiger partial charge in [-0.3, -0.25) is 0 Å². The summed E-state index contributed by atoms with van der Waals surface area (Å²) in [4.78, 5) is 8.60. The van der Waals surface area contributed by atoms with Gasteiger partial charge in [0.25, 0.3) is 0 Å². The summed E-state index contributed by atoms with van der Waals surface area (Å²) in [6.45, 7) is 10.1. The molecule has 1 aromatic heterocycles. The predicted octanol–water partition coefficient (Wildman–Crippen LogP) is 2.43. The average Bonchev–Trinajstić information content (AvgIpc) is 2.72. The van der Waals surface area contributed by atoms with Gasteiger partial charge in [0.1, 0.15) is 0 Å². The van der Waals surface area contributed by atoms with Crippen LogP contribution in [-0.4, -0.2) is 37.3 Å². The third-order valence-electron chi connectivity index (χ3n) is 3.29. The normalized spacial score (nSPS) is 18.8. The molecule has 2 rings (SSSR count). The summed E-state index contributed by atoms with van der Waals surface area (Å²) in [5.41, 5.74) is 1.19. The van der Waals surface area contributed by atoms with E-state index in [1.807, 2.05) is 18.4 Å². The lowest BCUT2D eigenvalue weighted by Crippen LogP contribution is -2.48. The Labute approximate surface area is 120 Å². The second-order valence-corrected chi connectivity index (χ2v) is 6.74. The molecule has 1 aliphatic heterocycles. The molecule has 1 fully saturated rings. The van der Waals surface area contributed by atoms with Gasteiger partial charge in [-0.15, -0.1) is 11.3 Å². The number of ether oxygens (including phenoxy) is 1. The molecule has 0 bridgehead atoms. The van der Waals surface area contributed by atoms with Crippen molar-refractivity contribution < 1.29 is 4.74 Å². The first-order valence-electron chi connectivity index (χ1n) is 7.08. The fraction of sp³-hybridized carbons (Fsp3) is 0.786. The topological polar surface area (TPSA) is 37.4 Å². The maximum absolute atomic E-state index is 5.77. The zero-order chi connectivity index (χ0) is 13.9. The van der Waals surface area contributed by atoms with Gasteiger partial charge in [-0.25, -0.2) is 4.98 Å². The summed E-state index contributed by atoms with van der Waals surface area (Å²) in [6.07, 6.45) is 2.22. The second kappa shape index (κ2) is 6.20. The van der Waals surface area contributed by atoms with E-state index in [9.17, 15) is 0 Å². The van der Waals surface area contributed by atoms with Crippen LogP contribution in [0.4, 0.5) is 5.13 Å². The molecule has 1 aliphatic rings. The highest BCUT2D eigenvalue weighted by Gasteiger charge is 2.29. The standard InChI is InChI=1S/C14H25N3OS/c1-5-6-11-12(9-15-4)19-13(16-11)17-7-8-18-14(2,3)10-17/h15H,5-10H2,1-4H3. The van der Waals surface area contributed by atoms with Crippen molar-refractivity contribution in [1.29, 1.82) is 0 Å². The lowest BCUT2D eigenvalue weighted by atomic mass is 10.1. The van der Waals surface area contributed by atoms with Crippen LogP contribution in [0, 0.1) is 0 Å². The van der Waals surface area contributed by atoms with Gasteiger partial charge in [0.05, 0.1) is 17.9 Å². The van der Waals surface area contributed by atoms with Crippen molar-refractivity contribution in [3.05, 3.63) is 10.6 Å². The van der Waals surface area contributed by atoms with Crippen LogP contribution < -0.4 is 10.2 Å². The Bertz CT molecular complexity index is 393. The van der Waals surface area contributed by atoms with Gasteiger partial charge in [-0.2, -0.15) is 0 Å². The molecule has 1 N–H and O–H groups in total. The first kappa shape index (κ1) is 14.8. The SMILES string of the molecule is CCCc1nc(N2CCOC(C)(C)C2)sc1CNC. The van der Waals surface area contributed by atoms with Crippen LogP contribution in [0.3, 0.4) is 0 Å². The minimum atomic E-state index is -0.0714. The van der Waals surface area contributed by atoms with Gasteiger partial charge in [0.15, 0.2) is 5.13 Å². The van der Waals surface area contributed by atoms with E-state index in [0.29, 0.717) is 0 Å². The van der Waals surface area contributed by atoms with Crippen molar-refractivity contribution in [2.75, 3.05) is 31.6 Å². The van der Waals surface area contributed by atoms with E-state index in [1.165, 1.54) is 10.6 Å². The lowest BCUT2D eigenvalue weighted by Gasteiger charge is -2.38. The number of hydrogen-bond acceptors (Lipinski definition) is 5. The van der Waals surface area contributed by atoms with Crippen LogP contribution in [0.15, 0.2) is 0 Å². The van der Waals surface area contributed by atoms with Crippen LogP contribution >= 0.6 is 11.3 Å². The monoisotopic (exact) mass is 283 g/mol. The van der Waals surface area contributed by atoms with Crippen LogP contribution in [0.2, 0.25) is 0 Å². The number of nitrogens with zero attached hydrogens (tertiary/aromatic N) is 2. The molecule has 4 nitrogen and oxygen atoms in total. The van der Waals surface area contributed by atoms with Gasteiger partial charge >= 0.3 is 0 Å². The molecular formula is C14H25N3OS. The van der Waals surface area contributed by atoms with E-state index >= 15 is 0 Å². The number of hydrogen-bond donors (Lipinski definition) is 1. The highest BCUT2D eigenvalue weighted by Crippen LogP contribution is 2.30. The Kier molecular flexibility index (Phi) is 4.81. The van der Waals surface area contributed by atoms with Gasteiger partial charge in [-0.05, 0) is 27.3 Å². The molecule has 108 valence electrons. The van der Waals surface area contributed by atoms with E-state index in [-0.39, 0.29) is 5.60 Å². The van der Waals surface area contributed by atoms with E-state index in [2.05, 4.69) is 31.0 Å². The molecule has 1 aromatic rings. The maximum Gasteiger partial charge on any atom is 0.186 e. The van der Waals surface area contributed by atoms with Crippen molar-refractivity contribution in [3.8, 4) is 0 Å². The Morgan fingerprint density at radius 3 is 2.89 bits per heavy atom. The predicted molar refractivity (Wildman–Crippen MR) is 81.1 cm³/mol. The summed E-state index contributed by atoms with van der Waals surface area (Å²) in [5, 5.41) is 4.40. The lowest BCUT2D eigenvalue weighted by molar-refractivity contribution is -0.0277. The van der Waals surface area contributed by atoms with Crippen molar-refractivity contribution in [2.24, 2.45) is 0 Å². The molecule has 0 saturated carbocycles. The number of rotatable bonds is 5.